The highest BCUT2D eigenvalue weighted by Crippen LogP contribution is 2.39. The van der Waals surface area contributed by atoms with Crippen LogP contribution in [0, 0.1) is 0 Å². The molecule has 0 unspecified atom stereocenters. The first-order chi connectivity index (χ1) is 25.2. The van der Waals surface area contributed by atoms with Gasteiger partial charge in [0.25, 0.3) is 0 Å². The molecule has 0 aliphatic rings. The predicted molar refractivity (Wildman–Crippen MR) is 212 cm³/mol. The van der Waals surface area contributed by atoms with Crippen LogP contribution in [-0.4, -0.2) is 9.97 Å². The lowest BCUT2D eigenvalue weighted by Gasteiger charge is -2.15. The Bertz CT molecular complexity index is 2910. The van der Waals surface area contributed by atoms with Gasteiger partial charge in [-0.05, 0) is 86.3 Å². The molecule has 0 atom stereocenters. The zero-order chi connectivity index (χ0) is 33.7. The van der Waals surface area contributed by atoms with E-state index in [2.05, 4.69) is 164 Å². The maximum Gasteiger partial charge on any atom is 0.161 e. The molecule has 0 bridgehead atoms. The number of para-hydroxylation sites is 1. The van der Waals surface area contributed by atoms with Gasteiger partial charge in [0.05, 0.1) is 11.4 Å². The van der Waals surface area contributed by atoms with Crippen molar-refractivity contribution >= 4 is 43.5 Å². The van der Waals surface area contributed by atoms with Crippen LogP contribution in [0.2, 0.25) is 0 Å². The van der Waals surface area contributed by atoms with Gasteiger partial charge < -0.3 is 4.42 Å². The van der Waals surface area contributed by atoms with E-state index in [9.17, 15) is 0 Å². The average Bonchev–Trinajstić information content (AvgIpc) is 3.58. The Labute approximate surface area is 295 Å². The molecule has 238 valence electrons. The van der Waals surface area contributed by atoms with Crippen molar-refractivity contribution in [1.82, 2.24) is 9.97 Å². The summed E-state index contributed by atoms with van der Waals surface area (Å²) in [5.41, 5.74) is 11.0. The van der Waals surface area contributed by atoms with Crippen molar-refractivity contribution in [2.75, 3.05) is 0 Å². The first-order valence-electron chi connectivity index (χ1n) is 17.2. The molecular weight excluding hydrogens is 621 g/mol. The summed E-state index contributed by atoms with van der Waals surface area (Å²) >= 11 is 0. The van der Waals surface area contributed by atoms with Gasteiger partial charge in [-0.1, -0.05) is 140 Å². The average molecular weight is 651 g/mol. The summed E-state index contributed by atoms with van der Waals surface area (Å²) in [4.78, 5) is 10.5. The van der Waals surface area contributed by atoms with Crippen LogP contribution in [0.1, 0.15) is 0 Å². The molecule has 10 rings (SSSR count). The van der Waals surface area contributed by atoms with E-state index in [1.807, 2.05) is 18.2 Å². The summed E-state index contributed by atoms with van der Waals surface area (Å²) in [6, 6.07) is 64.0. The van der Waals surface area contributed by atoms with Gasteiger partial charge in [-0.3, -0.25) is 0 Å². The molecule has 3 heteroatoms. The maximum atomic E-state index is 6.35. The lowest BCUT2D eigenvalue weighted by atomic mass is 9.92. The van der Waals surface area contributed by atoms with E-state index in [-0.39, 0.29) is 0 Å². The molecule has 0 amide bonds. The molecule has 0 N–H and O–H groups in total. The summed E-state index contributed by atoms with van der Waals surface area (Å²) in [6.07, 6.45) is 0. The second-order valence-corrected chi connectivity index (χ2v) is 13.0. The fourth-order valence-corrected chi connectivity index (χ4v) is 7.37. The number of benzene rings is 8. The molecule has 2 aromatic heterocycles. The van der Waals surface area contributed by atoms with E-state index in [1.165, 1.54) is 16.3 Å². The van der Waals surface area contributed by atoms with Gasteiger partial charge >= 0.3 is 0 Å². The lowest BCUT2D eigenvalue weighted by Crippen LogP contribution is -1.97. The Morgan fingerprint density at radius 3 is 1.67 bits per heavy atom. The molecule has 3 nitrogen and oxygen atoms in total. The van der Waals surface area contributed by atoms with Crippen LogP contribution in [0.25, 0.3) is 99.6 Å². The van der Waals surface area contributed by atoms with Crippen molar-refractivity contribution in [3.05, 3.63) is 182 Å². The van der Waals surface area contributed by atoms with Crippen molar-refractivity contribution in [3.8, 4) is 56.2 Å². The standard InChI is InChI=1S/C48H30N2O/c1-2-14-33(15-3-1)44-30-45(50-48(49-44)43-22-11-17-32-13-5-7-19-39(32)43)37-27-35(26-36(28-37)40-21-10-16-31-12-4-6-18-38(31)40)34-24-25-42-41-20-8-9-23-46(41)51-47(42)29-34/h1-30H. The number of fused-ring (bicyclic) bond motifs is 5. The Hall–Kier alpha value is -6.84. The predicted octanol–water partition coefficient (Wildman–Crippen LogP) is 13.0. The SMILES string of the molecule is c1ccc(-c2cc(-c3cc(-c4ccc5c(c4)oc4ccccc45)cc(-c4cccc5ccccc45)c3)nc(-c3cccc4ccccc34)n2)cc1. The van der Waals surface area contributed by atoms with Crippen molar-refractivity contribution in [1.29, 1.82) is 0 Å². The van der Waals surface area contributed by atoms with Gasteiger partial charge in [0.1, 0.15) is 11.2 Å². The van der Waals surface area contributed by atoms with Crippen molar-refractivity contribution < 1.29 is 4.42 Å². The van der Waals surface area contributed by atoms with Gasteiger partial charge in [-0.15, -0.1) is 0 Å². The van der Waals surface area contributed by atoms with E-state index < -0.39 is 0 Å². The van der Waals surface area contributed by atoms with Crippen LogP contribution in [-0.2, 0) is 0 Å². The Balaban J connectivity index is 1.23. The van der Waals surface area contributed by atoms with Crippen LogP contribution in [0.15, 0.2) is 186 Å². The van der Waals surface area contributed by atoms with Gasteiger partial charge in [0.2, 0.25) is 0 Å². The number of furan rings is 1. The van der Waals surface area contributed by atoms with E-state index in [4.69, 9.17) is 14.4 Å². The quantitative estimate of drug-likeness (QED) is 0.186. The fourth-order valence-electron chi connectivity index (χ4n) is 7.37. The first kappa shape index (κ1) is 29.1. The highest BCUT2D eigenvalue weighted by atomic mass is 16.3. The molecule has 2 heterocycles. The minimum atomic E-state index is 0.698. The monoisotopic (exact) mass is 650 g/mol. The third kappa shape index (κ3) is 5.15. The number of aromatic nitrogens is 2. The maximum absolute atomic E-state index is 6.35. The largest absolute Gasteiger partial charge is 0.456 e. The van der Waals surface area contributed by atoms with Crippen LogP contribution in [0.3, 0.4) is 0 Å². The third-order valence-corrected chi connectivity index (χ3v) is 9.87. The molecule has 0 aliphatic carbocycles. The summed E-state index contributed by atoms with van der Waals surface area (Å²) in [7, 11) is 0. The highest BCUT2D eigenvalue weighted by molar-refractivity contribution is 6.06. The topological polar surface area (TPSA) is 38.9 Å². The number of nitrogens with zero attached hydrogens (tertiary/aromatic N) is 2. The summed E-state index contributed by atoms with van der Waals surface area (Å²) < 4.78 is 6.35. The van der Waals surface area contributed by atoms with Gasteiger partial charge in [-0.25, -0.2) is 9.97 Å². The fraction of sp³-hybridized carbons (Fsp3) is 0. The molecule has 10 aromatic rings. The molecule has 0 spiro atoms. The Morgan fingerprint density at radius 1 is 0.314 bits per heavy atom. The molecule has 0 saturated heterocycles. The zero-order valence-electron chi connectivity index (χ0n) is 27.6. The van der Waals surface area contributed by atoms with E-state index in [1.54, 1.807) is 0 Å². The van der Waals surface area contributed by atoms with Gasteiger partial charge in [0, 0.05) is 27.5 Å². The van der Waals surface area contributed by atoms with Crippen molar-refractivity contribution in [2.45, 2.75) is 0 Å². The number of hydrogen-bond donors (Lipinski definition) is 0. The van der Waals surface area contributed by atoms with Crippen molar-refractivity contribution in [3.63, 3.8) is 0 Å². The van der Waals surface area contributed by atoms with E-state index in [0.717, 1.165) is 77.5 Å². The van der Waals surface area contributed by atoms with Crippen LogP contribution in [0.5, 0.6) is 0 Å². The van der Waals surface area contributed by atoms with E-state index >= 15 is 0 Å². The van der Waals surface area contributed by atoms with Gasteiger partial charge in [0.15, 0.2) is 5.82 Å². The molecule has 51 heavy (non-hydrogen) atoms. The zero-order valence-corrected chi connectivity index (χ0v) is 27.6. The molecule has 0 saturated carbocycles. The summed E-state index contributed by atoms with van der Waals surface area (Å²) in [6.45, 7) is 0. The Morgan fingerprint density at radius 2 is 0.882 bits per heavy atom. The first-order valence-corrected chi connectivity index (χ1v) is 17.2. The summed E-state index contributed by atoms with van der Waals surface area (Å²) in [5.74, 6) is 0.698. The normalized spacial score (nSPS) is 11.5. The molecule has 0 radical (unpaired) electrons. The number of hydrogen-bond acceptors (Lipinski definition) is 3. The second kappa shape index (κ2) is 11.9. The number of rotatable bonds is 5. The van der Waals surface area contributed by atoms with Gasteiger partial charge in [-0.2, -0.15) is 0 Å². The van der Waals surface area contributed by atoms with Crippen molar-refractivity contribution in [2.24, 2.45) is 0 Å². The molecule has 0 aliphatic heterocycles. The molecular formula is C48H30N2O. The van der Waals surface area contributed by atoms with Crippen LogP contribution in [0.4, 0.5) is 0 Å². The molecule has 8 aromatic carbocycles. The van der Waals surface area contributed by atoms with Crippen LogP contribution < -0.4 is 0 Å². The van der Waals surface area contributed by atoms with E-state index in [0.29, 0.717) is 5.82 Å². The molecule has 0 fully saturated rings. The third-order valence-electron chi connectivity index (χ3n) is 9.87. The second-order valence-electron chi connectivity index (χ2n) is 13.0. The minimum absolute atomic E-state index is 0.698. The van der Waals surface area contributed by atoms with Crippen LogP contribution >= 0.6 is 0 Å². The highest BCUT2D eigenvalue weighted by Gasteiger charge is 2.16. The summed E-state index contributed by atoms with van der Waals surface area (Å²) in [5, 5.41) is 6.94. The lowest BCUT2D eigenvalue weighted by molar-refractivity contribution is 0.669. The minimum Gasteiger partial charge on any atom is -0.456 e. The smallest absolute Gasteiger partial charge is 0.161 e. The Kier molecular flexibility index (Phi) is 6.81.